The van der Waals surface area contributed by atoms with Crippen LogP contribution in [0.1, 0.15) is 46.6 Å². The number of furan rings is 1. The fourth-order valence-electron chi connectivity index (χ4n) is 4.88. The molecule has 35 heavy (non-hydrogen) atoms. The van der Waals surface area contributed by atoms with E-state index in [-0.39, 0.29) is 17.9 Å². The number of benzene rings is 2. The highest BCUT2D eigenvalue weighted by Crippen LogP contribution is 2.38. The zero-order chi connectivity index (χ0) is 24.2. The first-order valence-electron chi connectivity index (χ1n) is 12.2. The summed E-state index contributed by atoms with van der Waals surface area (Å²) in [5.74, 6) is 2.85. The van der Waals surface area contributed by atoms with Gasteiger partial charge in [0.2, 0.25) is 0 Å². The first-order valence-corrected chi connectivity index (χ1v) is 13.4. The van der Waals surface area contributed by atoms with Crippen LogP contribution in [-0.2, 0) is 11.2 Å². The van der Waals surface area contributed by atoms with Gasteiger partial charge in [0, 0.05) is 31.1 Å². The number of amides is 2. The molecule has 5 rings (SSSR count). The molecule has 2 atom stereocenters. The normalized spacial score (nSPS) is 18.6. The van der Waals surface area contributed by atoms with E-state index in [0.717, 1.165) is 42.1 Å². The third-order valence-corrected chi connectivity index (χ3v) is 7.64. The van der Waals surface area contributed by atoms with E-state index in [1.54, 1.807) is 12.1 Å². The third kappa shape index (κ3) is 4.96. The Morgan fingerprint density at radius 1 is 1.06 bits per heavy atom. The highest BCUT2D eigenvalue weighted by atomic mass is 32.2. The number of fused-ring (bicyclic) bond motifs is 1. The summed E-state index contributed by atoms with van der Waals surface area (Å²) in [6.07, 6.45) is 2.35. The molecule has 182 valence electrons. The van der Waals surface area contributed by atoms with Gasteiger partial charge in [-0.2, -0.15) is 11.8 Å². The summed E-state index contributed by atoms with van der Waals surface area (Å²) in [5.41, 5.74) is 3.23. The molecule has 0 bridgehead atoms. The number of carbonyl (C=O) groups is 2. The maximum Gasteiger partial charge on any atom is 0.290 e. The van der Waals surface area contributed by atoms with Crippen LogP contribution in [0.5, 0.6) is 5.75 Å². The van der Waals surface area contributed by atoms with Crippen molar-refractivity contribution >= 4 is 23.6 Å². The van der Waals surface area contributed by atoms with Crippen molar-refractivity contribution in [2.75, 3.05) is 31.1 Å². The Kier molecular flexibility index (Phi) is 7.13. The minimum atomic E-state index is -0.518. The van der Waals surface area contributed by atoms with E-state index in [9.17, 15) is 9.59 Å². The molecule has 3 aromatic rings. The monoisotopic (exact) mass is 490 g/mol. The molecule has 3 heterocycles. The summed E-state index contributed by atoms with van der Waals surface area (Å²) in [6.45, 7) is 4.12. The quantitative estimate of drug-likeness (QED) is 0.497. The molecule has 2 aliphatic rings. The van der Waals surface area contributed by atoms with Crippen molar-refractivity contribution in [3.05, 3.63) is 89.4 Å². The van der Waals surface area contributed by atoms with Gasteiger partial charge >= 0.3 is 0 Å². The van der Waals surface area contributed by atoms with Crippen molar-refractivity contribution < 1.29 is 18.7 Å². The van der Waals surface area contributed by atoms with Crippen LogP contribution in [0.4, 0.5) is 0 Å². The van der Waals surface area contributed by atoms with Crippen molar-refractivity contribution in [2.45, 2.75) is 31.9 Å². The van der Waals surface area contributed by atoms with Gasteiger partial charge in [-0.15, -0.1) is 0 Å². The predicted molar refractivity (Wildman–Crippen MR) is 137 cm³/mol. The van der Waals surface area contributed by atoms with E-state index in [0.29, 0.717) is 24.5 Å². The molecule has 0 N–H and O–H groups in total. The zero-order valence-corrected chi connectivity index (χ0v) is 20.7. The zero-order valence-electron chi connectivity index (χ0n) is 19.9. The molecular weight excluding hydrogens is 460 g/mol. The lowest BCUT2D eigenvalue weighted by molar-refractivity contribution is -0.138. The molecule has 0 aliphatic carbocycles. The molecule has 1 aromatic heterocycles. The number of rotatable bonds is 6. The first kappa shape index (κ1) is 23.5. The molecule has 0 spiro atoms. The molecule has 0 saturated carbocycles. The Morgan fingerprint density at radius 2 is 1.86 bits per heavy atom. The van der Waals surface area contributed by atoms with Gasteiger partial charge in [-0.1, -0.05) is 43.3 Å². The van der Waals surface area contributed by atoms with Crippen molar-refractivity contribution in [2.24, 2.45) is 0 Å². The summed E-state index contributed by atoms with van der Waals surface area (Å²) < 4.78 is 11.7. The second kappa shape index (κ2) is 10.6. The second-order valence-corrected chi connectivity index (χ2v) is 10.1. The van der Waals surface area contributed by atoms with Crippen molar-refractivity contribution in [1.29, 1.82) is 0 Å². The van der Waals surface area contributed by atoms with Crippen LogP contribution in [0, 0.1) is 0 Å². The standard InChI is InChI=1S/C28H30N2O4S/c1-2-24(27(31)29-14-17-35-18-15-29)34-22-11-10-20-12-13-30(28(32)25-9-6-16-33-25)26(23(20)19-22)21-7-4-3-5-8-21/h3-11,16,19,24,26H,2,12-15,17-18H2,1H3/t24-,26-/m0/s1. The molecule has 0 unspecified atom stereocenters. The highest BCUT2D eigenvalue weighted by molar-refractivity contribution is 7.99. The van der Waals surface area contributed by atoms with Gasteiger partial charge in [-0.25, -0.2) is 0 Å². The van der Waals surface area contributed by atoms with Crippen molar-refractivity contribution in [3.63, 3.8) is 0 Å². The Hall–Kier alpha value is -3.19. The maximum absolute atomic E-state index is 13.4. The van der Waals surface area contributed by atoms with Gasteiger partial charge in [0.15, 0.2) is 11.9 Å². The van der Waals surface area contributed by atoms with E-state index >= 15 is 0 Å². The van der Waals surface area contributed by atoms with Gasteiger partial charge in [0.25, 0.3) is 11.8 Å². The van der Waals surface area contributed by atoms with Crippen LogP contribution in [0.15, 0.2) is 71.3 Å². The van der Waals surface area contributed by atoms with E-state index in [4.69, 9.17) is 9.15 Å². The van der Waals surface area contributed by atoms with Crippen LogP contribution in [-0.4, -0.2) is 58.9 Å². The van der Waals surface area contributed by atoms with Crippen LogP contribution < -0.4 is 4.74 Å². The lowest BCUT2D eigenvalue weighted by Crippen LogP contribution is -2.45. The first-order chi connectivity index (χ1) is 17.2. The summed E-state index contributed by atoms with van der Waals surface area (Å²) in [7, 11) is 0. The summed E-state index contributed by atoms with van der Waals surface area (Å²) in [4.78, 5) is 30.3. The number of hydrogen-bond acceptors (Lipinski definition) is 5. The van der Waals surface area contributed by atoms with Crippen molar-refractivity contribution in [1.82, 2.24) is 9.80 Å². The third-order valence-electron chi connectivity index (χ3n) is 6.70. The van der Waals surface area contributed by atoms with Gasteiger partial charge in [-0.05, 0) is 53.8 Å². The average Bonchev–Trinajstić information content (AvgIpc) is 3.46. The minimum absolute atomic E-state index is 0.0553. The van der Waals surface area contributed by atoms with E-state index in [1.165, 1.54) is 11.8 Å². The van der Waals surface area contributed by atoms with E-state index < -0.39 is 6.10 Å². The summed E-state index contributed by atoms with van der Waals surface area (Å²) >= 11 is 1.88. The molecule has 1 saturated heterocycles. The Morgan fingerprint density at radius 3 is 2.57 bits per heavy atom. The molecule has 1 fully saturated rings. The number of thioether (sulfide) groups is 1. The molecule has 6 nitrogen and oxygen atoms in total. The highest BCUT2D eigenvalue weighted by Gasteiger charge is 2.34. The van der Waals surface area contributed by atoms with E-state index in [1.807, 2.05) is 71.0 Å². The Balaban J connectivity index is 1.46. The SMILES string of the molecule is CC[C@H](Oc1ccc2c(c1)[C@H](c1ccccc1)N(C(=O)c1ccco1)CC2)C(=O)N1CCSCC1. The van der Waals surface area contributed by atoms with Gasteiger partial charge in [0.05, 0.1) is 12.3 Å². The van der Waals surface area contributed by atoms with Gasteiger partial charge in [0.1, 0.15) is 5.75 Å². The van der Waals surface area contributed by atoms with Crippen LogP contribution in [0.2, 0.25) is 0 Å². The number of hydrogen-bond donors (Lipinski definition) is 0. The van der Waals surface area contributed by atoms with Crippen LogP contribution in [0.25, 0.3) is 0 Å². The number of ether oxygens (including phenoxy) is 1. The van der Waals surface area contributed by atoms with Crippen molar-refractivity contribution in [3.8, 4) is 5.75 Å². The Bertz CT molecular complexity index is 1160. The fraction of sp³-hybridized carbons (Fsp3) is 0.357. The lowest BCUT2D eigenvalue weighted by atomic mass is 9.87. The maximum atomic E-state index is 13.4. The fourth-order valence-corrected chi connectivity index (χ4v) is 5.78. The number of nitrogens with zero attached hydrogens (tertiary/aromatic N) is 2. The second-order valence-electron chi connectivity index (χ2n) is 8.85. The van der Waals surface area contributed by atoms with Gasteiger partial charge < -0.3 is 19.0 Å². The largest absolute Gasteiger partial charge is 0.481 e. The molecule has 0 radical (unpaired) electrons. The summed E-state index contributed by atoms with van der Waals surface area (Å²) in [5, 5.41) is 0. The van der Waals surface area contributed by atoms with Crippen LogP contribution >= 0.6 is 11.8 Å². The molecule has 2 aliphatic heterocycles. The minimum Gasteiger partial charge on any atom is -0.481 e. The topological polar surface area (TPSA) is 63.0 Å². The van der Waals surface area contributed by atoms with Crippen LogP contribution in [0.3, 0.4) is 0 Å². The lowest BCUT2D eigenvalue weighted by Gasteiger charge is -2.37. The van der Waals surface area contributed by atoms with Gasteiger partial charge in [-0.3, -0.25) is 9.59 Å². The predicted octanol–water partition coefficient (Wildman–Crippen LogP) is 4.80. The van der Waals surface area contributed by atoms with E-state index in [2.05, 4.69) is 6.07 Å². The molecule has 2 amide bonds. The molecular formula is C28H30N2O4S. The molecule has 2 aromatic carbocycles. The molecule has 7 heteroatoms. The Labute approximate surface area is 210 Å². The number of carbonyl (C=O) groups excluding carboxylic acids is 2. The smallest absolute Gasteiger partial charge is 0.290 e. The average molecular weight is 491 g/mol. The summed E-state index contributed by atoms with van der Waals surface area (Å²) in [6, 6.07) is 19.2.